The Morgan fingerprint density at radius 3 is 2.54 bits per heavy atom. The molecule has 2 aliphatic heterocycles. The first-order valence-corrected chi connectivity index (χ1v) is 9.99. The Labute approximate surface area is 153 Å². The molecule has 9 heteroatoms. The third kappa shape index (κ3) is 3.17. The highest BCUT2D eigenvalue weighted by Gasteiger charge is 2.31. The van der Waals surface area contributed by atoms with Crippen molar-refractivity contribution in [2.45, 2.75) is 18.4 Å². The van der Waals surface area contributed by atoms with Gasteiger partial charge >= 0.3 is 0 Å². The third-order valence-electron chi connectivity index (χ3n) is 4.76. The van der Waals surface area contributed by atoms with Gasteiger partial charge in [-0.15, -0.1) is 0 Å². The number of nitrogens with zero attached hydrogens (tertiary/aromatic N) is 4. The zero-order valence-corrected chi connectivity index (χ0v) is 15.7. The van der Waals surface area contributed by atoms with Crippen LogP contribution >= 0.6 is 0 Å². The van der Waals surface area contributed by atoms with E-state index in [4.69, 9.17) is 9.47 Å². The summed E-state index contributed by atoms with van der Waals surface area (Å²) in [5.74, 6) is 1.55. The lowest BCUT2D eigenvalue weighted by Gasteiger charge is -2.33. The average Bonchev–Trinajstić information content (AvgIpc) is 3.21. The van der Waals surface area contributed by atoms with Gasteiger partial charge in [-0.3, -0.25) is 9.58 Å². The van der Waals surface area contributed by atoms with Crippen LogP contribution in [0.15, 0.2) is 29.3 Å². The topological polar surface area (TPSA) is 76.9 Å². The summed E-state index contributed by atoms with van der Waals surface area (Å²) in [4.78, 5) is 2.55. The third-order valence-corrected chi connectivity index (χ3v) is 6.76. The number of hydrogen-bond donors (Lipinski definition) is 0. The van der Waals surface area contributed by atoms with Crippen molar-refractivity contribution in [1.82, 2.24) is 19.0 Å². The quantitative estimate of drug-likeness (QED) is 0.789. The number of aromatic nitrogens is 2. The van der Waals surface area contributed by atoms with Gasteiger partial charge in [-0.2, -0.15) is 9.40 Å². The van der Waals surface area contributed by atoms with Crippen molar-refractivity contribution in [2.75, 3.05) is 33.0 Å². The van der Waals surface area contributed by atoms with Crippen LogP contribution in [0.3, 0.4) is 0 Å². The highest BCUT2D eigenvalue weighted by atomic mass is 32.2. The molecule has 0 radical (unpaired) electrons. The minimum Gasteiger partial charge on any atom is -0.454 e. The maximum Gasteiger partial charge on any atom is 0.246 e. The smallest absolute Gasteiger partial charge is 0.246 e. The first kappa shape index (κ1) is 17.3. The molecule has 0 spiro atoms. The molecule has 1 fully saturated rings. The standard InChI is InChI=1S/C17H22N4O4S/c1-13-17(11-19(2)18-13)26(22,23)21-7-5-20(6-8-21)10-14-3-4-15-16(9-14)25-12-24-15/h3-4,9,11H,5-8,10,12H2,1-2H3. The summed E-state index contributed by atoms with van der Waals surface area (Å²) in [6.07, 6.45) is 1.57. The molecule has 2 aliphatic rings. The van der Waals surface area contributed by atoms with Gasteiger partial charge in [0, 0.05) is 46.0 Å². The number of aryl methyl sites for hydroxylation is 2. The molecule has 0 amide bonds. The average molecular weight is 378 g/mol. The summed E-state index contributed by atoms with van der Waals surface area (Å²) in [6.45, 7) is 5.07. The second-order valence-corrected chi connectivity index (χ2v) is 8.53. The fourth-order valence-corrected chi connectivity index (χ4v) is 5.02. The number of sulfonamides is 1. The number of benzene rings is 1. The molecule has 0 N–H and O–H groups in total. The number of ether oxygens (including phenoxy) is 2. The van der Waals surface area contributed by atoms with E-state index in [0.29, 0.717) is 36.8 Å². The van der Waals surface area contributed by atoms with Gasteiger partial charge in [0.25, 0.3) is 0 Å². The van der Waals surface area contributed by atoms with Gasteiger partial charge in [-0.25, -0.2) is 8.42 Å². The molecular weight excluding hydrogens is 356 g/mol. The Morgan fingerprint density at radius 1 is 1.12 bits per heavy atom. The molecule has 26 heavy (non-hydrogen) atoms. The van der Waals surface area contributed by atoms with Crippen LogP contribution in [0, 0.1) is 6.92 Å². The van der Waals surface area contributed by atoms with Gasteiger partial charge in [-0.05, 0) is 24.6 Å². The number of piperazine rings is 1. The van der Waals surface area contributed by atoms with Crippen LogP contribution in [0.2, 0.25) is 0 Å². The summed E-state index contributed by atoms with van der Waals surface area (Å²) in [6, 6.07) is 5.93. The van der Waals surface area contributed by atoms with E-state index in [1.807, 2.05) is 18.2 Å². The van der Waals surface area contributed by atoms with Gasteiger partial charge in [-0.1, -0.05) is 6.07 Å². The molecule has 2 aromatic rings. The molecule has 0 atom stereocenters. The van der Waals surface area contributed by atoms with E-state index in [2.05, 4.69) is 10.00 Å². The lowest BCUT2D eigenvalue weighted by Crippen LogP contribution is -2.48. The van der Waals surface area contributed by atoms with Crippen molar-refractivity contribution in [3.05, 3.63) is 35.7 Å². The van der Waals surface area contributed by atoms with Gasteiger partial charge in [0.1, 0.15) is 4.90 Å². The fourth-order valence-electron chi connectivity index (χ4n) is 3.40. The zero-order chi connectivity index (χ0) is 18.3. The van der Waals surface area contributed by atoms with Crippen molar-refractivity contribution in [2.24, 2.45) is 7.05 Å². The molecular formula is C17H22N4O4S. The van der Waals surface area contributed by atoms with Gasteiger partial charge in [0.05, 0.1) is 5.69 Å². The second kappa shape index (κ2) is 6.57. The molecule has 0 aliphatic carbocycles. The first-order valence-electron chi connectivity index (χ1n) is 8.55. The molecule has 1 saturated heterocycles. The minimum atomic E-state index is -3.49. The first-order chi connectivity index (χ1) is 12.4. The van der Waals surface area contributed by atoms with E-state index in [1.165, 1.54) is 4.68 Å². The predicted molar refractivity (Wildman–Crippen MR) is 94.5 cm³/mol. The molecule has 8 nitrogen and oxygen atoms in total. The van der Waals surface area contributed by atoms with Crippen LogP contribution in [0.1, 0.15) is 11.3 Å². The lowest BCUT2D eigenvalue weighted by atomic mass is 10.2. The summed E-state index contributed by atoms with van der Waals surface area (Å²) in [5, 5.41) is 4.15. The van der Waals surface area contributed by atoms with Crippen LogP contribution in [-0.4, -0.2) is 60.4 Å². The summed E-state index contributed by atoms with van der Waals surface area (Å²) >= 11 is 0. The Balaban J connectivity index is 1.40. The van der Waals surface area contributed by atoms with Crippen molar-refractivity contribution in [1.29, 1.82) is 0 Å². The van der Waals surface area contributed by atoms with E-state index >= 15 is 0 Å². The van der Waals surface area contributed by atoms with Crippen molar-refractivity contribution >= 4 is 10.0 Å². The van der Waals surface area contributed by atoms with Crippen LogP contribution in [-0.2, 0) is 23.6 Å². The van der Waals surface area contributed by atoms with E-state index < -0.39 is 10.0 Å². The SMILES string of the molecule is Cc1nn(C)cc1S(=O)(=O)N1CCN(Cc2ccc3c(c2)OCO3)CC1. The Bertz CT molecular complexity index is 917. The normalized spacial score (nSPS) is 18.4. The Kier molecular flexibility index (Phi) is 4.37. The maximum absolute atomic E-state index is 12.8. The van der Waals surface area contributed by atoms with Gasteiger partial charge < -0.3 is 9.47 Å². The van der Waals surface area contributed by atoms with Gasteiger partial charge in [0.15, 0.2) is 11.5 Å². The summed E-state index contributed by atoms with van der Waals surface area (Å²) < 4.78 is 39.5. The summed E-state index contributed by atoms with van der Waals surface area (Å²) in [5.41, 5.74) is 1.67. The summed E-state index contributed by atoms with van der Waals surface area (Å²) in [7, 11) is -1.76. The van der Waals surface area contributed by atoms with E-state index in [1.54, 1.807) is 24.5 Å². The van der Waals surface area contributed by atoms with E-state index in [9.17, 15) is 8.42 Å². The monoisotopic (exact) mass is 378 g/mol. The highest BCUT2D eigenvalue weighted by Crippen LogP contribution is 2.33. The fraction of sp³-hybridized carbons (Fsp3) is 0.471. The van der Waals surface area contributed by atoms with E-state index in [-0.39, 0.29) is 6.79 Å². The number of rotatable bonds is 4. The van der Waals surface area contributed by atoms with Crippen molar-refractivity contribution < 1.29 is 17.9 Å². The number of fused-ring (bicyclic) bond motifs is 1. The van der Waals surface area contributed by atoms with Crippen LogP contribution in [0.4, 0.5) is 0 Å². The largest absolute Gasteiger partial charge is 0.454 e. The van der Waals surface area contributed by atoms with Crippen molar-refractivity contribution in [3.63, 3.8) is 0 Å². The molecule has 1 aromatic carbocycles. The molecule has 140 valence electrons. The zero-order valence-electron chi connectivity index (χ0n) is 14.9. The van der Waals surface area contributed by atoms with Crippen LogP contribution in [0.5, 0.6) is 11.5 Å². The lowest BCUT2D eigenvalue weighted by molar-refractivity contribution is 0.173. The number of hydrogen-bond acceptors (Lipinski definition) is 6. The second-order valence-electron chi connectivity index (χ2n) is 6.62. The van der Waals surface area contributed by atoms with Crippen LogP contribution < -0.4 is 9.47 Å². The van der Waals surface area contributed by atoms with Crippen molar-refractivity contribution in [3.8, 4) is 11.5 Å². The van der Waals surface area contributed by atoms with Crippen LogP contribution in [0.25, 0.3) is 0 Å². The Hall–Kier alpha value is -2.10. The highest BCUT2D eigenvalue weighted by molar-refractivity contribution is 7.89. The molecule has 4 rings (SSSR count). The maximum atomic E-state index is 12.8. The minimum absolute atomic E-state index is 0.267. The van der Waals surface area contributed by atoms with Gasteiger partial charge in [0.2, 0.25) is 16.8 Å². The predicted octanol–water partition coefficient (Wildman–Crippen LogP) is 0.964. The molecule has 0 saturated carbocycles. The van der Waals surface area contributed by atoms with E-state index in [0.717, 1.165) is 23.6 Å². The molecule has 0 bridgehead atoms. The Morgan fingerprint density at radius 2 is 1.85 bits per heavy atom. The molecule has 0 unspecified atom stereocenters. The molecule has 1 aromatic heterocycles. The molecule has 3 heterocycles.